The van der Waals surface area contributed by atoms with Gasteiger partial charge >= 0.3 is 6.03 Å². The molecule has 2 amide bonds. The van der Waals surface area contributed by atoms with Crippen LogP contribution in [-0.4, -0.2) is 25.8 Å². The van der Waals surface area contributed by atoms with Crippen molar-refractivity contribution in [3.05, 3.63) is 53.8 Å². The van der Waals surface area contributed by atoms with Crippen LogP contribution >= 0.6 is 0 Å². The molecule has 1 aliphatic rings. The first-order valence-electron chi connectivity index (χ1n) is 7.40. The molecule has 0 atom stereocenters. The maximum absolute atomic E-state index is 12.8. The number of amides is 2. The molecule has 0 saturated heterocycles. The number of carbonyl (C=O) groups is 1. The van der Waals surface area contributed by atoms with E-state index in [0.717, 1.165) is 17.1 Å². The molecule has 0 fully saturated rings. The Labute approximate surface area is 133 Å². The molecule has 5 nitrogen and oxygen atoms in total. The van der Waals surface area contributed by atoms with Crippen LogP contribution in [0.2, 0.25) is 0 Å². The molecule has 6 heteroatoms. The van der Waals surface area contributed by atoms with E-state index in [4.69, 9.17) is 9.47 Å². The third kappa shape index (κ3) is 4.12. The lowest BCUT2D eigenvalue weighted by Crippen LogP contribution is -2.30. The molecule has 2 aromatic rings. The van der Waals surface area contributed by atoms with E-state index in [2.05, 4.69) is 10.6 Å². The van der Waals surface area contributed by atoms with Gasteiger partial charge in [-0.05, 0) is 48.4 Å². The summed E-state index contributed by atoms with van der Waals surface area (Å²) in [6.45, 7) is 1.60. The lowest BCUT2D eigenvalue weighted by atomic mass is 10.1. The average Bonchev–Trinajstić information content (AvgIpc) is 2.57. The largest absolute Gasteiger partial charge is 0.486 e. The van der Waals surface area contributed by atoms with Gasteiger partial charge in [-0.15, -0.1) is 0 Å². The van der Waals surface area contributed by atoms with Crippen molar-refractivity contribution in [3.8, 4) is 11.5 Å². The maximum Gasteiger partial charge on any atom is 0.319 e. The van der Waals surface area contributed by atoms with Crippen molar-refractivity contribution in [3.63, 3.8) is 0 Å². The van der Waals surface area contributed by atoms with E-state index < -0.39 is 0 Å². The highest BCUT2D eigenvalue weighted by atomic mass is 19.1. The second-order valence-corrected chi connectivity index (χ2v) is 5.12. The van der Waals surface area contributed by atoms with Gasteiger partial charge in [0.05, 0.1) is 0 Å². The van der Waals surface area contributed by atoms with Gasteiger partial charge in [-0.2, -0.15) is 0 Å². The van der Waals surface area contributed by atoms with E-state index in [0.29, 0.717) is 31.9 Å². The molecule has 1 heterocycles. The highest BCUT2D eigenvalue weighted by Gasteiger charge is 2.11. The summed E-state index contributed by atoms with van der Waals surface area (Å²) in [5.74, 6) is 1.15. The first-order valence-corrected chi connectivity index (χ1v) is 7.40. The summed E-state index contributed by atoms with van der Waals surface area (Å²) in [5, 5.41) is 5.40. The lowest BCUT2D eigenvalue weighted by Gasteiger charge is -2.18. The van der Waals surface area contributed by atoms with Crippen molar-refractivity contribution < 1.29 is 18.7 Å². The van der Waals surface area contributed by atoms with E-state index in [-0.39, 0.29) is 11.8 Å². The van der Waals surface area contributed by atoms with Gasteiger partial charge in [0.1, 0.15) is 19.0 Å². The number of ether oxygens (including phenoxy) is 2. The molecule has 0 aromatic heterocycles. The number of halogens is 1. The molecule has 2 N–H and O–H groups in total. The predicted octanol–water partition coefficient (Wildman–Crippen LogP) is 2.96. The quantitative estimate of drug-likeness (QED) is 0.912. The number of anilines is 1. The van der Waals surface area contributed by atoms with Crippen LogP contribution < -0.4 is 20.1 Å². The van der Waals surface area contributed by atoms with E-state index in [1.807, 2.05) is 18.2 Å². The first-order chi connectivity index (χ1) is 11.2. The maximum atomic E-state index is 12.8. The highest BCUT2D eigenvalue weighted by molar-refractivity contribution is 5.89. The van der Waals surface area contributed by atoms with Crippen molar-refractivity contribution >= 4 is 11.7 Å². The zero-order valence-electron chi connectivity index (χ0n) is 12.5. The summed E-state index contributed by atoms with van der Waals surface area (Å²) in [5.41, 5.74) is 1.60. The molecule has 0 radical (unpaired) electrons. The van der Waals surface area contributed by atoms with E-state index >= 15 is 0 Å². The zero-order chi connectivity index (χ0) is 16.1. The summed E-state index contributed by atoms with van der Waals surface area (Å²) in [7, 11) is 0. The van der Waals surface area contributed by atoms with E-state index in [1.165, 1.54) is 24.3 Å². The number of fused-ring (bicyclic) bond motifs is 1. The van der Waals surface area contributed by atoms with Crippen LogP contribution in [0.5, 0.6) is 11.5 Å². The number of carbonyl (C=O) groups excluding carboxylic acids is 1. The second-order valence-electron chi connectivity index (χ2n) is 5.12. The van der Waals surface area contributed by atoms with Crippen molar-refractivity contribution in [2.75, 3.05) is 25.1 Å². The Morgan fingerprint density at radius 2 is 1.78 bits per heavy atom. The molecular formula is C17H17FN2O3. The van der Waals surface area contributed by atoms with Crippen molar-refractivity contribution in [2.45, 2.75) is 6.42 Å². The summed E-state index contributed by atoms with van der Waals surface area (Å²) < 4.78 is 23.8. The fourth-order valence-corrected chi connectivity index (χ4v) is 2.27. The number of urea groups is 1. The standard InChI is InChI=1S/C17H17FN2O3/c18-13-2-4-14(5-3-13)20-17(21)19-8-7-12-1-6-15-16(11-12)23-10-9-22-15/h1-6,11H,7-10H2,(H2,19,20,21). The molecule has 0 unspecified atom stereocenters. The Morgan fingerprint density at radius 1 is 1.04 bits per heavy atom. The van der Waals surface area contributed by atoms with Gasteiger partial charge in [0.15, 0.2) is 11.5 Å². The molecule has 23 heavy (non-hydrogen) atoms. The van der Waals surface area contributed by atoms with Gasteiger partial charge < -0.3 is 20.1 Å². The molecule has 120 valence electrons. The molecule has 0 saturated carbocycles. The van der Waals surface area contributed by atoms with Crippen LogP contribution in [0, 0.1) is 5.82 Å². The molecule has 0 bridgehead atoms. The number of benzene rings is 2. The molecule has 0 spiro atoms. The van der Waals surface area contributed by atoms with Crippen LogP contribution in [0.1, 0.15) is 5.56 Å². The van der Waals surface area contributed by atoms with Gasteiger partial charge in [0.2, 0.25) is 0 Å². The molecular weight excluding hydrogens is 299 g/mol. The zero-order valence-corrected chi connectivity index (χ0v) is 12.5. The highest BCUT2D eigenvalue weighted by Crippen LogP contribution is 2.30. The number of rotatable bonds is 4. The molecule has 2 aromatic carbocycles. The Kier molecular flexibility index (Phi) is 4.61. The van der Waals surface area contributed by atoms with Crippen molar-refractivity contribution in [2.24, 2.45) is 0 Å². The van der Waals surface area contributed by atoms with Gasteiger partial charge in [0.25, 0.3) is 0 Å². The van der Waals surface area contributed by atoms with Gasteiger partial charge in [-0.3, -0.25) is 0 Å². The van der Waals surface area contributed by atoms with Crippen LogP contribution in [0.3, 0.4) is 0 Å². The van der Waals surface area contributed by atoms with Gasteiger partial charge in [-0.25, -0.2) is 9.18 Å². The Hall–Kier alpha value is -2.76. The van der Waals surface area contributed by atoms with Crippen LogP contribution in [0.15, 0.2) is 42.5 Å². The molecule has 3 rings (SSSR count). The van der Waals surface area contributed by atoms with Crippen LogP contribution in [0.4, 0.5) is 14.9 Å². The van der Waals surface area contributed by atoms with Crippen molar-refractivity contribution in [1.29, 1.82) is 0 Å². The van der Waals surface area contributed by atoms with Crippen LogP contribution in [0.25, 0.3) is 0 Å². The van der Waals surface area contributed by atoms with E-state index in [9.17, 15) is 9.18 Å². The Bertz CT molecular complexity index is 689. The summed E-state index contributed by atoms with van der Waals surface area (Å²) >= 11 is 0. The summed E-state index contributed by atoms with van der Waals surface area (Å²) in [4.78, 5) is 11.8. The first kappa shape index (κ1) is 15.1. The number of hydrogen-bond acceptors (Lipinski definition) is 3. The summed E-state index contributed by atoms with van der Waals surface area (Å²) in [6.07, 6.45) is 0.674. The van der Waals surface area contributed by atoms with E-state index in [1.54, 1.807) is 0 Å². The third-order valence-corrected chi connectivity index (χ3v) is 3.41. The average molecular weight is 316 g/mol. The second kappa shape index (κ2) is 7.00. The molecule has 1 aliphatic heterocycles. The smallest absolute Gasteiger partial charge is 0.319 e. The monoisotopic (exact) mass is 316 g/mol. The normalized spacial score (nSPS) is 12.6. The Balaban J connectivity index is 1.47. The van der Waals surface area contributed by atoms with Crippen molar-refractivity contribution in [1.82, 2.24) is 5.32 Å². The number of hydrogen-bond donors (Lipinski definition) is 2. The SMILES string of the molecule is O=C(NCCc1ccc2c(c1)OCCO2)Nc1ccc(F)cc1. The lowest BCUT2D eigenvalue weighted by molar-refractivity contribution is 0.171. The minimum Gasteiger partial charge on any atom is -0.486 e. The third-order valence-electron chi connectivity index (χ3n) is 3.41. The topological polar surface area (TPSA) is 59.6 Å². The minimum absolute atomic E-state index is 0.325. The predicted molar refractivity (Wildman–Crippen MR) is 84.6 cm³/mol. The fraction of sp³-hybridized carbons (Fsp3) is 0.235. The Morgan fingerprint density at radius 3 is 2.57 bits per heavy atom. The fourth-order valence-electron chi connectivity index (χ4n) is 2.27. The minimum atomic E-state index is -0.338. The summed E-state index contributed by atoms with van der Waals surface area (Å²) in [6, 6.07) is 11.0. The van der Waals surface area contributed by atoms with Gasteiger partial charge in [0, 0.05) is 12.2 Å². The van der Waals surface area contributed by atoms with Gasteiger partial charge in [-0.1, -0.05) is 6.07 Å². The van der Waals surface area contributed by atoms with Crippen LogP contribution in [-0.2, 0) is 6.42 Å². The molecule has 0 aliphatic carbocycles. The number of nitrogens with one attached hydrogen (secondary N) is 2.